The van der Waals surface area contributed by atoms with E-state index in [0.717, 1.165) is 28.4 Å². The molecule has 25 heavy (non-hydrogen) atoms. The van der Waals surface area contributed by atoms with Gasteiger partial charge in [-0.05, 0) is 43.8 Å². The summed E-state index contributed by atoms with van der Waals surface area (Å²) in [5.74, 6) is 0.00996. The number of carbonyl (C=O) groups is 1. The third kappa shape index (κ3) is 4.90. The second-order valence-electron chi connectivity index (χ2n) is 5.82. The fourth-order valence-electron chi connectivity index (χ4n) is 2.47. The van der Waals surface area contributed by atoms with Gasteiger partial charge in [-0.25, -0.2) is 4.98 Å². The SMILES string of the molecule is Cc1nc(-c2ccc(NC(C)C(=O)NCCc3cccs3)cc2)cs1. The fourth-order valence-corrected chi connectivity index (χ4v) is 3.80. The van der Waals surface area contributed by atoms with Gasteiger partial charge in [0.05, 0.1) is 10.7 Å². The van der Waals surface area contributed by atoms with Crippen molar-refractivity contribution in [3.8, 4) is 11.3 Å². The number of nitrogens with zero attached hydrogens (tertiary/aromatic N) is 1. The Morgan fingerprint density at radius 3 is 2.64 bits per heavy atom. The van der Waals surface area contributed by atoms with Crippen molar-refractivity contribution in [3.63, 3.8) is 0 Å². The molecule has 0 bridgehead atoms. The summed E-state index contributed by atoms with van der Waals surface area (Å²) in [5, 5.41) is 11.4. The molecule has 2 N–H and O–H groups in total. The molecule has 3 rings (SSSR count). The van der Waals surface area contributed by atoms with Crippen molar-refractivity contribution in [2.75, 3.05) is 11.9 Å². The van der Waals surface area contributed by atoms with Crippen LogP contribution in [0.1, 0.15) is 16.8 Å². The molecule has 1 unspecified atom stereocenters. The predicted molar refractivity (Wildman–Crippen MR) is 106 cm³/mol. The number of carbonyl (C=O) groups excluding carboxylic acids is 1. The highest BCUT2D eigenvalue weighted by Gasteiger charge is 2.12. The van der Waals surface area contributed by atoms with Gasteiger partial charge in [-0.1, -0.05) is 18.2 Å². The summed E-state index contributed by atoms with van der Waals surface area (Å²) < 4.78 is 0. The molecule has 1 atom stereocenters. The number of amides is 1. The zero-order chi connectivity index (χ0) is 17.6. The van der Waals surface area contributed by atoms with E-state index in [0.29, 0.717) is 6.54 Å². The summed E-state index contributed by atoms with van der Waals surface area (Å²) in [6.07, 6.45) is 0.873. The van der Waals surface area contributed by atoms with Crippen molar-refractivity contribution < 1.29 is 4.79 Å². The van der Waals surface area contributed by atoms with E-state index >= 15 is 0 Å². The van der Waals surface area contributed by atoms with E-state index in [4.69, 9.17) is 0 Å². The Morgan fingerprint density at radius 1 is 1.20 bits per heavy atom. The number of hydrogen-bond donors (Lipinski definition) is 2. The number of rotatable bonds is 7. The van der Waals surface area contributed by atoms with Gasteiger partial charge < -0.3 is 10.6 Å². The number of thiophene rings is 1. The number of benzene rings is 1. The molecule has 3 aromatic rings. The highest BCUT2D eigenvalue weighted by molar-refractivity contribution is 7.10. The van der Waals surface area contributed by atoms with Crippen molar-refractivity contribution in [1.82, 2.24) is 10.3 Å². The third-order valence-corrected chi connectivity index (χ3v) is 5.54. The largest absolute Gasteiger partial charge is 0.374 e. The number of thiazole rings is 1. The van der Waals surface area contributed by atoms with E-state index in [1.165, 1.54) is 4.88 Å². The van der Waals surface area contributed by atoms with E-state index in [9.17, 15) is 4.79 Å². The first-order valence-corrected chi connectivity index (χ1v) is 9.97. The van der Waals surface area contributed by atoms with Crippen molar-refractivity contribution >= 4 is 34.3 Å². The molecular formula is C19H21N3OS2. The van der Waals surface area contributed by atoms with Crippen LogP contribution in [-0.4, -0.2) is 23.5 Å². The minimum atomic E-state index is -0.282. The van der Waals surface area contributed by atoms with Crippen LogP contribution in [0.15, 0.2) is 47.2 Å². The molecule has 0 saturated heterocycles. The standard InChI is InChI=1S/C19H21N3OS2/c1-13(19(23)20-10-9-17-4-3-11-24-17)21-16-7-5-15(6-8-16)18-12-25-14(2)22-18/h3-8,11-13,21H,9-10H2,1-2H3,(H,20,23). The van der Waals surface area contributed by atoms with Crippen molar-refractivity contribution in [1.29, 1.82) is 0 Å². The van der Waals surface area contributed by atoms with Crippen molar-refractivity contribution in [2.24, 2.45) is 0 Å². The first-order chi connectivity index (χ1) is 12.1. The third-order valence-electron chi connectivity index (χ3n) is 3.83. The van der Waals surface area contributed by atoms with Crippen LogP contribution in [0.25, 0.3) is 11.3 Å². The van der Waals surface area contributed by atoms with E-state index in [1.807, 2.05) is 44.2 Å². The van der Waals surface area contributed by atoms with Crippen molar-refractivity contribution in [3.05, 3.63) is 57.0 Å². The predicted octanol–water partition coefficient (Wildman–Crippen LogP) is 4.34. The molecule has 0 spiro atoms. The summed E-state index contributed by atoms with van der Waals surface area (Å²) in [4.78, 5) is 18.0. The van der Waals surface area contributed by atoms with Crippen LogP contribution < -0.4 is 10.6 Å². The summed E-state index contributed by atoms with van der Waals surface area (Å²) in [5.41, 5.74) is 3.01. The highest BCUT2D eigenvalue weighted by Crippen LogP contribution is 2.23. The fraction of sp³-hybridized carbons (Fsp3) is 0.263. The summed E-state index contributed by atoms with van der Waals surface area (Å²) in [7, 11) is 0. The first-order valence-electron chi connectivity index (χ1n) is 8.21. The van der Waals surface area contributed by atoms with E-state index in [1.54, 1.807) is 22.7 Å². The second kappa shape index (κ2) is 8.27. The number of aryl methyl sites for hydroxylation is 1. The van der Waals surface area contributed by atoms with Crippen molar-refractivity contribution in [2.45, 2.75) is 26.3 Å². The molecule has 2 aromatic heterocycles. The molecule has 0 aliphatic heterocycles. The maximum atomic E-state index is 12.2. The van der Waals surface area contributed by atoms with Gasteiger partial charge in [-0.15, -0.1) is 22.7 Å². The molecule has 1 amide bonds. The monoisotopic (exact) mass is 371 g/mol. The van der Waals surface area contributed by atoms with Crippen LogP contribution in [0.5, 0.6) is 0 Å². The minimum Gasteiger partial charge on any atom is -0.374 e. The lowest BCUT2D eigenvalue weighted by Crippen LogP contribution is -2.38. The lowest BCUT2D eigenvalue weighted by molar-refractivity contribution is -0.121. The summed E-state index contributed by atoms with van der Waals surface area (Å²) in [6, 6.07) is 11.9. The molecular weight excluding hydrogens is 350 g/mol. The number of hydrogen-bond acceptors (Lipinski definition) is 5. The van der Waals surface area contributed by atoms with Gasteiger partial charge in [0.25, 0.3) is 0 Å². The lowest BCUT2D eigenvalue weighted by Gasteiger charge is -2.15. The van der Waals surface area contributed by atoms with Gasteiger partial charge in [0, 0.05) is 28.1 Å². The van der Waals surface area contributed by atoms with Crippen LogP contribution >= 0.6 is 22.7 Å². The molecule has 0 saturated carbocycles. The van der Waals surface area contributed by atoms with Crippen LogP contribution in [0.4, 0.5) is 5.69 Å². The molecule has 4 nitrogen and oxygen atoms in total. The molecule has 0 aliphatic rings. The van der Waals surface area contributed by atoms with Crippen LogP contribution in [0.3, 0.4) is 0 Å². The molecule has 0 fully saturated rings. The van der Waals surface area contributed by atoms with Gasteiger partial charge in [-0.3, -0.25) is 4.79 Å². The zero-order valence-corrected chi connectivity index (χ0v) is 15.9. The smallest absolute Gasteiger partial charge is 0.242 e. The maximum Gasteiger partial charge on any atom is 0.242 e. The Labute approximate surface area is 155 Å². The normalized spacial score (nSPS) is 11.9. The Bertz CT molecular complexity index is 810. The van der Waals surface area contributed by atoms with Gasteiger partial charge in [-0.2, -0.15) is 0 Å². The molecule has 1 aromatic carbocycles. The summed E-state index contributed by atoms with van der Waals surface area (Å²) in [6.45, 7) is 4.54. The molecule has 2 heterocycles. The Morgan fingerprint density at radius 2 is 2.00 bits per heavy atom. The highest BCUT2D eigenvalue weighted by atomic mass is 32.1. The van der Waals surface area contributed by atoms with Gasteiger partial charge in [0.2, 0.25) is 5.91 Å². The maximum absolute atomic E-state index is 12.2. The van der Waals surface area contributed by atoms with E-state index in [-0.39, 0.29) is 11.9 Å². The topological polar surface area (TPSA) is 54.0 Å². The average molecular weight is 372 g/mol. The molecule has 0 aliphatic carbocycles. The zero-order valence-electron chi connectivity index (χ0n) is 14.3. The molecule has 130 valence electrons. The van der Waals surface area contributed by atoms with Crippen LogP contribution in [0, 0.1) is 6.92 Å². The van der Waals surface area contributed by atoms with Gasteiger partial charge in [0.1, 0.15) is 6.04 Å². The lowest BCUT2D eigenvalue weighted by atomic mass is 10.1. The van der Waals surface area contributed by atoms with Crippen LogP contribution in [-0.2, 0) is 11.2 Å². The Hall–Kier alpha value is -2.18. The number of anilines is 1. The first kappa shape index (κ1) is 17.6. The average Bonchev–Trinajstić information content (AvgIpc) is 3.27. The molecule has 0 radical (unpaired) electrons. The number of nitrogens with one attached hydrogen (secondary N) is 2. The second-order valence-corrected chi connectivity index (χ2v) is 7.91. The minimum absolute atomic E-state index is 0.00996. The van der Waals surface area contributed by atoms with Gasteiger partial charge >= 0.3 is 0 Å². The van der Waals surface area contributed by atoms with Gasteiger partial charge in [0.15, 0.2) is 0 Å². The number of aromatic nitrogens is 1. The Balaban J connectivity index is 1.49. The Kier molecular flexibility index (Phi) is 5.83. The molecule has 6 heteroatoms. The van der Waals surface area contributed by atoms with E-state index < -0.39 is 0 Å². The summed E-state index contributed by atoms with van der Waals surface area (Å²) >= 11 is 3.36. The quantitative estimate of drug-likeness (QED) is 0.650. The van der Waals surface area contributed by atoms with E-state index in [2.05, 4.69) is 32.4 Å². The van der Waals surface area contributed by atoms with Crippen LogP contribution in [0.2, 0.25) is 0 Å².